The minimum Gasteiger partial charge on any atom is -0.352 e. The number of hydrogen-bond acceptors (Lipinski definition) is 5. The van der Waals surface area contributed by atoms with Crippen molar-refractivity contribution >= 4 is 66.2 Å². The van der Waals surface area contributed by atoms with Crippen LogP contribution in [0.3, 0.4) is 0 Å². The third kappa shape index (κ3) is 4.70. The Morgan fingerprint density at radius 2 is 1.81 bits per heavy atom. The SMILES string of the molecule is Cc1cc(S(=O)(=O)N2c3ccccc3NC(=O)C2CC(=O)NCc2csc3ccccc23)c(C)cc1Cl. The zero-order valence-electron chi connectivity index (χ0n) is 20.1. The molecule has 4 aromatic rings. The van der Waals surface area contributed by atoms with E-state index in [9.17, 15) is 18.0 Å². The van der Waals surface area contributed by atoms with E-state index >= 15 is 0 Å². The van der Waals surface area contributed by atoms with E-state index in [1.54, 1.807) is 55.5 Å². The van der Waals surface area contributed by atoms with Gasteiger partial charge in [0.2, 0.25) is 11.8 Å². The van der Waals surface area contributed by atoms with Gasteiger partial charge in [0.25, 0.3) is 10.0 Å². The monoisotopic (exact) mass is 553 g/mol. The fourth-order valence-corrected chi connectivity index (χ4v) is 7.59. The van der Waals surface area contributed by atoms with Crippen molar-refractivity contribution in [3.8, 4) is 0 Å². The third-order valence-electron chi connectivity index (χ3n) is 6.39. The average molecular weight is 554 g/mol. The van der Waals surface area contributed by atoms with Gasteiger partial charge in [-0.3, -0.25) is 13.9 Å². The molecule has 0 saturated carbocycles. The Balaban J connectivity index is 1.47. The van der Waals surface area contributed by atoms with Crippen LogP contribution in [0.5, 0.6) is 0 Å². The third-order valence-corrected chi connectivity index (χ3v) is 9.78. The minimum atomic E-state index is -4.22. The van der Waals surface area contributed by atoms with Crippen LogP contribution in [0.1, 0.15) is 23.1 Å². The number of sulfonamides is 1. The highest BCUT2D eigenvalue weighted by Gasteiger charge is 2.42. The number of halogens is 1. The van der Waals surface area contributed by atoms with E-state index in [1.165, 1.54) is 6.07 Å². The summed E-state index contributed by atoms with van der Waals surface area (Å²) in [5.74, 6) is -0.999. The summed E-state index contributed by atoms with van der Waals surface area (Å²) in [6.07, 6.45) is -0.340. The molecular formula is C27H24ClN3O4S2. The Kier molecular flexibility index (Phi) is 6.70. The maximum Gasteiger partial charge on any atom is 0.265 e. The molecule has 190 valence electrons. The van der Waals surface area contributed by atoms with E-state index in [2.05, 4.69) is 10.6 Å². The van der Waals surface area contributed by atoms with Gasteiger partial charge in [-0.15, -0.1) is 11.3 Å². The normalized spacial score (nSPS) is 15.4. The first-order valence-electron chi connectivity index (χ1n) is 11.6. The van der Waals surface area contributed by atoms with Gasteiger partial charge in [-0.2, -0.15) is 0 Å². The number of aryl methyl sites for hydroxylation is 2. The Labute approximate surface area is 224 Å². The fraction of sp³-hybridized carbons (Fsp3) is 0.185. The molecule has 2 amide bonds. The van der Waals surface area contributed by atoms with Gasteiger partial charge in [0, 0.05) is 16.3 Å². The average Bonchev–Trinajstić information content (AvgIpc) is 3.28. The number of anilines is 2. The van der Waals surface area contributed by atoms with Crippen LogP contribution >= 0.6 is 22.9 Å². The largest absolute Gasteiger partial charge is 0.352 e. The number of benzene rings is 3. The highest BCUT2D eigenvalue weighted by molar-refractivity contribution is 7.93. The van der Waals surface area contributed by atoms with Gasteiger partial charge >= 0.3 is 0 Å². The molecule has 2 N–H and O–H groups in total. The number of hydrogen-bond donors (Lipinski definition) is 2. The molecular weight excluding hydrogens is 530 g/mol. The van der Waals surface area contributed by atoms with Gasteiger partial charge in [-0.25, -0.2) is 8.42 Å². The summed E-state index contributed by atoms with van der Waals surface area (Å²) in [6, 6.07) is 16.4. The quantitative estimate of drug-likeness (QED) is 0.334. The zero-order valence-corrected chi connectivity index (χ0v) is 22.5. The molecule has 1 atom stereocenters. The first kappa shape index (κ1) is 25.3. The number of carbonyl (C=O) groups excluding carboxylic acids is 2. The molecule has 1 unspecified atom stereocenters. The summed E-state index contributed by atoms with van der Waals surface area (Å²) in [5, 5.41) is 9.09. The van der Waals surface area contributed by atoms with Crippen molar-refractivity contribution in [1.82, 2.24) is 5.32 Å². The van der Waals surface area contributed by atoms with Crippen molar-refractivity contribution < 1.29 is 18.0 Å². The van der Waals surface area contributed by atoms with Gasteiger partial charge in [-0.05, 0) is 71.6 Å². The van der Waals surface area contributed by atoms with Crippen molar-refractivity contribution in [2.75, 3.05) is 9.62 Å². The smallest absolute Gasteiger partial charge is 0.265 e. The molecule has 0 aliphatic carbocycles. The number of para-hydroxylation sites is 2. The Morgan fingerprint density at radius 3 is 2.62 bits per heavy atom. The first-order chi connectivity index (χ1) is 17.7. The summed E-state index contributed by atoms with van der Waals surface area (Å²) in [5.41, 5.74) is 2.67. The first-order valence-corrected chi connectivity index (χ1v) is 14.3. The standard InChI is InChI=1S/C27H24ClN3O4S2/c1-16-12-25(17(2)11-20(16)28)37(34,35)31-22-9-5-4-8-21(22)30-27(33)23(31)13-26(32)29-14-18-15-36-24-10-6-3-7-19(18)24/h3-12,15,23H,13-14H2,1-2H3,(H,29,32)(H,30,33). The maximum absolute atomic E-state index is 14.0. The number of nitrogens with zero attached hydrogens (tertiary/aromatic N) is 1. The number of rotatable bonds is 6. The van der Waals surface area contributed by atoms with Crippen LogP contribution in [0.15, 0.2) is 70.9 Å². The lowest BCUT2D eigenvalue weighted by Crippen LogP contribution is -2.52. The molecule has 7 nitrogen and oxygen atoms in total. The lowest BCUT2D eigenvalue weighted by atomic mass is 10.1. The number of nitrogens with one attached hydrogen (secondary N) is 2. The van der Waals surface area contributed by atoms with Crippen LogP contribution in [0, 0.1) is 13.8 Å². The predicted molar refractivity (Wildman–Crippen MR) is 148 cm³/mol. The summed E-state index contributed by atoms with van der Waals surface area (Å²) < 4.78 is 30.2. The second-order valence-electron chi connectivity index (χ2n) is 8.93. The van der Waals surface area contributed by atoms with Gasteiger partial charge in [0.1, 0.15) is 6.04 Å². The summed E-state index contributed by atoms with van der Waals surface area (Å²) in [7, 11) is -4.22. The Hall–Kier alpha value is -3.40. The van der Waals surface area contributed by atoms with Crippen LogP contribution in [-0.2, 0) is 26.2 Å². The molecule has 1 aliphatic heterocycles. The Bertz CT molecular complexity index is 1650. The van der Waals surface area contributed by atoms with E-state index in [-0.39, 0.29) is 17.9 Å². The van der Waals surface area contributed by atoms with Gasteiger partial charge in [0.15, 0.2) is 0 Å². The molecule has 10 heteroatoms. The van der Waals surface area contributed by atoms with Crippen LogP contribution < -0.4 is 14.9 Å². The molecule has 3 aromatic carbocycles. The van der Waals surface area contributed by atoms with Crippen LogP contribution in [0.4, 0.5) is 11.4 Å². The summed E-state index contributed by atoms with van der Waals surface area (Å²) >= 11 is 7.80. The highest BCUT2D eigenvalue weighted by Crippen LogP contribution is 2.38. The second-order valence-corrected chi connectivity index (χ2v) is 12.0. The van der Waals surface area contributed by atoms with E-state index in [4.69, 9.17) is 11.6 Å². The van der Waals surface area contributed by atoms with E-state index in [0.717, 1.165) is 20.0 Å². The van der Waals surface area contributed by atoms with E-state index < -0.39 is 27.9 Å². The molecule has 5 rings (SSSR count). The minimum absolute atomic E-state index is 0.0362. The second kappa shape index (κ2) is 9.81. The van der Waals surface area contributed by atoms with Crippen LogP contribution in [0.2, 0.25) is 5.02 Å². The number of amides is 2. The maximum atomic E-state index is 14.0. The van der Waals surface area contributed by atoms with Crippen molar-refractivity contribution in [3.63, 3.8) is 0 Å². The molecule has 0 fully saturated rings. The molecule has 0 bridgehead atoms. The molecule has 37 heavy (non-hydrogen) atoms. The molecule has 0 radical (unpaired) electrons. The lowest BCUT2D eigenvalue weighted by molar-refractivity contribution is -0.125. The fourth-order valence-electron chi connectivity index (χ4n) is 4.48. The predicted octanol–water partition coefficient (Wildman–Crippen LogP) is 5.39. The van der Waals surface area contributed by atoms with Crippen LogP contribution in [-0.4, -0.2) is 26.3 Å². The molecule has 1 aliphatic rings. The summed E-state index contributed by atoms with van der Waals surface area (Å²) in [4.78, 5) is 26.3. The van der Waals surface area contributed by atoms with E-state index in [0.29, 0.717) is 27.5 Å². The number of thiophene rings is 1. The van der Waals surface area contributed by atoms with Crippen molar-refractivity contribution in [2.24, 2.45) is 0 Å². The van der Waals surface area contributed by atoms with Crippen LogP contribution in [0.25, 0.3) is 10.1 Å². The highest BCUT2D eigenvalue weighted by atomic mass is 35.5. The van der Waals surface area contributed by atoms with Crippen molar-refractivity contribution in [2.45, 2.75) is 37.8 Å². The van der Waals surface area contributed by atoms with Gasteiger partial charge in [-0.1, -0.05) is 41.9 Å². The zero-order chi connectivity index (χ0) is 26.3. The molecule has 0 spiro atoms. The number of fused-ring (bicyclic) bond motifs is 2. The molecule has 1 aromatic heterocycles. The number of carbonyl (C=O) groups is 2. The molecule has 2 heterocycles. The van der Waals surface area contributed by atoms with Crippen molar-refractivity contribution in [1.29, 1.82) is 0 Å². The lowest BCUT2D eigenvalue weighted by Gasteiger charge is -2.37. The van der Waals surface area contributed by atoms with Gasteiger partial charge in [0.05, 0.1) is 22.7 Å². The topological polar surface area (TPSA) is 95.6 Å². The van der Waals surface area contributed by atoms with E-state index in [1.807, 2.05) is 29.6 Å². The summed E-state index contributed by atoms with van der Waals surface area (Å²) in [6.45, 7) is 3.65. The van der Waals surface area contributed by atoms with Gasteiger partial charge < -0.3 is 10.6 Å². The van der Waals surface area contributed by atoms with Crippen molar-refractivity contribution in [3.05, 3.63) is 87.8 Å². The molecule has 0 saturated heterocycles. The Morgan fingerprint density at radius 1 is 1.08 bits per heavy atom.